The van der Waals surface area contributed by atoms with Gasteiger partial charge >= 0.3 is 12.4 Å². The second kappa shape index (κ2) is 12.7. The number of morpholine rings is 1. The zero-order valence-electron chi connectivity index (χ0n) is 20.4. The van der Waals surface area contributed by atoms with Gasteiger partial charge in [-0.1, -0.05) is 36.8 Å². The molecule has 0 aliphatic carbocycles. The Labute approximate surface area is 211 Å². The van der Waals surface area contributed by atoms with Crippen LogP contribution in [0.4, 0.5) is 26.3 Å². The molecule has 3 rings (SSSR count). The second-order valence-corrected chi connectivity index (χ2v) is 8.84. The van der Waals surface area contributed by atoms with Crippen molar-refractivity contribution in [3.05, 3.63) is 70.8 Å². The van der Waals surface area contributed by atoms with Crippen molar-refractivity contribution in [2.24, 2.45) is 0 Å². The highest BCUT2D eigenvalue weighted by atomic mass is 19.4. The summed E-state index contributed by atoms with van der Waals surface area (Å²) in [5.41, 5.74) is -2.16. The molecular formula is C26H30F6N2O3. The molecule has 0 saturated carbocycles. The minimum absolute atomic E-state index is 0.0229. The maximum Gasteiger partial charge on any atom is 0.416 e. The molecule has 1 fully saturated rings. The Morgan fingerprint density at radius 2 is 1.65 bits per heavy atom. The minimum Gasteiger partial charge on any atom is -0.359 e. The van der Waals surface area contributed by atoms with E-state index in [1.165, 1.54) is 0 Å². The molecule has 0 aromatic heterocycles. The number of benzene rings is 2. The third-order valence-electron chi connectivity index (χ3n) is 6.14. The smallest absolute Gasteiger partial charge is 0.359 e. The van der Waals surface area contributed by atoms with Gasteiger partial charge in [0, 0.05) is 20.0 Å². The highest BCUT2D eigenvalue weighted by molar-refractivity contribution is 5.75. The molecule has 0 unspecified atom stereocenters. The van der Waals surface area contributed by atoms with Crippen LogP contribution in [0.15, 0.2) is 48.5 Å². The summed E-state index contributed by atoms with van der Waals surface area (Å²) in [4.78, 5) is 13.6. The highest BCUT2D eigenvalue weighted by Gasteiger charge is 2.38. The number of amides is 1. The number of carbonyl (C=O) groups is 1. The number of nitrogens with one attached hydrogen (secondary N) is 1. The Hall–Kier alpha value is -2.63. The van der Waals surface area contributed by atoms with E-state index >= 15 is 0 Å². The summed E-state index contributed by atoms with van der Waals surface area (Å²) in [5.74, 6) is -0.0229. The lowest BCUT2D eigenvalue weighted by Gasteiger charge is -2.41. The van der Waals surface area contributed by atoms with Crippen molar-refractivity contribution < 1.29 is 40.6 Å². The lowest BCUT2D eigenvalue weighted by atomic mass is 10.0. The average Bonchev–Trinajstić information content (AvgIpc) is 2.86. The number of unbranched alkanes of at least 4 members (excludes halogenated alkanes) is 2. The molecule has 11 heteroatoms. The third-order valence-corrected chi connectivity index (χ3v) is 6.14. The van der Waals surface area contributed by atoms with E-state index in [1.54, 1.807) is 7.05 Å². The summed E-state index contributed by atoms with van der Waals surface area (Å²) in [6.07, 6.45) is -7.97. The first-order chi connectivity index (χ1) is 17.5. The molecule has 0 radical (unpaired) electrons. The van der Waals surface area contributed by atoms with E-state index in [9.17, 15) is 31.1 Å². The van der Waals surface area contributed by atoms with Crippen LogP contribution in [0.3, 0.4) is 0 Å². The van der Waals surface area contributed by atoms with Gasteiger partial charge in [0.25, 0.3) is 0 Å². The van der Waals surface area contributed by atoms with Crippen LogP contribution in [-0.2, 0) is 33.2 Å². The maximum absolute atomic E-state index is 13.2. The van der Waals surface area contributed by atoms with Crippen LogP contribution in [0, 0.1) is 0 Å². The molecule has 0 spiro atoms. The van der Waals surface area contributed by atoms with Crippen LogP contribution >= 0.6 is 0 Å². The van der Waals surface area contributed by atoms with Crippen LogP contribution in [0.5, 0.6) is 0 Å². The van der Waals surface area contributed by atoms with Crippen molar-refractivity contribution in [1.29, 1.82) is 0 Å². The number of ether oxygens (including phenoxy) is 2. The molecule has 37 heavy (non-hydrogen) atoms. The third kappa shape index (κ3) is 8.44. The van der Waals surface area contributed by atoms with Crippen molar-refractivity contribution >= 4 is 5.91 Å². The van der Waals surface area contributed by atoms with Crippen LogP contribution in [-0.4, -0.2) is 43.8 Å². The molecule has 1 saturated heterocycles. The first-order valence-corrected chi connectivity index (χ1v) is 12.0. The van der Waals surface area contributed by atoms with Gasteiger partial charge in [-0.05, 0) is 48.7 Å². The number of hydrogen-bond donors (Lipinski definition) is 1. The topological polar surface area (TPSA) is 50.8 Å². The molecule has 204 valence electrons. The quantitative estimate of drug-likeness (QED) is 0.304. The summed E-state index contributed by atoms with van der Waals surface area (Å²) in [5, 5.41) is 2.58. The first kappa shape index (κ1) is 28.9. The molecular weight excluding hydrogens is 502 g/mol. The lowest BCUT2D eigenvalue weighted by molar-refractivity contribution is -0.216. The van der Waals surface area contributed by atoms with Crippen LogP contribution in [0.2, 0.25) is 0 Å². The summed E-state index contributed by atoms with van der Waals surface area (Å²) in [7, 11) is 1.59. The van der Waals surface area contributed by atoms with E-state index in [0.29, 0.717) is 38.2 Å². The molecule has 1 aliphatic heterocycles. The van der Waals surface area contributed by atoms with Crippen molar-refractivity contribution in [2.45, 2.75) is 57.0 Å². The predicted octanol–water partition coefficient (Wildman–Crippen LogP) is 5.95. The van der Waals surface area contributed by atoms with Gasteiger partial charge in [0.1, 0.15) is 0 Å². The van der Waals surface area contributed by atoms with E-state index in [2.05, 4.69) is 10.2 Å². The number of hydrogen-bond acceptors (Lipinski definition) is 4. The minimum atomic E-state index is -4.93. The molecule has 1 N–H and O–H groups in total. The normalized spacial score (nSPS) is 19.1. The Morgan fingerprint density at radius 3 is 2.24 bits per heavy atom. The number of alkyl halides is 6. The summed E-state index contributed by atoms with van der Waals surface area (Å²) < 4.78 is 91.1. The zero-order chi connectivity index (χ0) is 27.1. The number of halogens is 6. The molecule has 0 bridgehead atoms. The largest absolute Gasteiger partial charge is 0.416 e. The van der Waals surface area contributed by atoms with Gasteiger partial charge in [0.15, 0.2) is 6.29 Å². The molecule has 2 aromatic carbocycles. The van der Waals surface area contributed by atoms with E-state index in [4.69, 9.17) is 9.47 Å². The van der Waals surface area contributed by atoms with Gasteiger partial charge in [-0.2, -0.15) is 26.3 Å². The molecule has 1 heterocycles. The van der Waals surface area contributed by atoms with Crippen molar-refractivity contribution in [3.63, 3.8) is 0 Å². The average molecular weight is 533 g/mol. The fourth-order valence-corrected chi connectivity index (χ4v) is 4.28. The van der Waals surface area contributed by atoms with Crippen molar-refractivity contribution in [3.8, 4) is 0 Å². The number of nitrogens with zero attached hydrogens (tertiary/aromatic N) is 1. The van der Waals surface area contributed by atoms with Gasteiger partial charge in [-0.25, -0.2) is 0 Å². The van der Waals surface area contributed by atoms with Crippen LogP contribution in [0.25, 0.3) is 0 Å². The monoisotopic (exact) mass is 532 g/mol. The second-order valence-electron chi connectivity index (χ2n) is 8.84. The Bertz CT molecular complexity index is 981. The molecule has 2 atom stereocenters. The highest BCUT2D eigenvalue weighted by Crippen LogP contribution is 2.37. The van der Waals surface area contributed by atoms with E-state index in [1.807, 2.05) is 30.3 Å². The Kier molecular flexibility index (Phi) is 9.97. The maximum atomic E-state index is 13.2. The summed E-state index contributed by atoms with van der Waals surface area (Å²) in [6.45, 7) is 1.05. The standard InChI is InChI=1S/C26H30F6N2O3/c1-33-22(35)10-6-3-7-11-34-12-13-36-24(23(34)19-8-4-2-5-9-19)37-17-18-14-20(25(27,28)29)16-21(15-18)26(30,31)32/h2,4-5,8-9,14-16,23-24H,3,6-7,10-13,17H2,1H3,(H,33,35)/t23-,24-/m1/s1. The van der Waals surface area contributed by atoms with E-state index < -0.39 is 42.4 Å². The molecule has 5 nitrogen and oxygen atoms in total. The van der Waals surface area contributed by atoms with Crippen LogP contribution in [0.1, 0.15) is 54.0 Å². The Balaban J connectivity index is 1.75. The van der Waals surface area contributed by atoms with Gasteiger partial charge in [0.05, 0.1) is 30.4 Å². The van der Waals surface area contributed by atoms with Gasteiger partial charge in [0.2, 0.25) is 5.91 Å². The van der Waals surface area contributed by atoms with E-state index in [0.717, 1.165) is 24.8 Å². The van der Waals surface area contributed by atoms with Crippen LogP contribution < -0.4 is 5.32 Å². The molecule has 1 amide bonds. The fourth-order valence-electron chi connectivity index (χ4n) is 4.28. The van der Waals surface area contributed by atoms with Gasteiger partial charge in [-0.15, -0.1) is 0 Å². The molecule has 1 aliphatic rings. The molecule has 2 aromatic rings. The number of rotatable bonds is 10. The lowest BCUT2D eigenvalue weighted by Crippen LogP contribution is -2.46. The Morgan fingerprint density at radius 1 is 1.00 bits per heavy atom. The van der Waals surface area contributed by atoms with Crippen molar-refractivity contribution in [2.75, 3.05) is 26.7 Å². The van der Waals surface area contributed by atoms with Gasteiger partial charge in [-0.3, -0.25) is 9.69 Å². The fraction of sp³-hybridized carbons (Fsp3) is 0.500. The number of carbonyl (C=O) groups excluding carboxylic acids is 1. The SMILES string of the molecule is CNC(=O)CCCCCN1CCO[C@H](OCc2cc(C(F)(F)F)cc(C(F)(F)F)c2)[C@H]1c1ccccc1. The predicted molar refractivity (Wildman–Crippen MR) is 124 cm³/mol. The van der Waals surface area contributed by atoms with Gasteiger partial charge < -0.3 is 14.8 Å². The summed E-state index contributed by atoms with van der Waals surface area (Å²) in [6, 6.07) is 10.3. The first-order valence-electron chi connectivity index (χ1n) is 12.0. The summed E-state index contributed by atoms with van der Waals surface area (Å²) >= 11 is 0. The van der Waals surface area contributed by atoms with Crippen molar-refractivity contribution in [1.82, 2.24) is 10.2 Å². The zero-order valence-corrected chi connectivity index (χ0v) is 20.4. The van der Waals surface area contributed by atoms with E-state index in [-0.39, 0.29) is 17.5 Å².